The Balaban J connectivity index is 2.23. The van der Waals surface area contributed by atoms with E-state index in [0.717, 1.165) is 5.56 Å². The number of rotatable bonds is 8. The fraction of sp³-hybridized carbons (Fsp3) is 0.316. The molecule has 0 N–H and O–H groups in total. The van der Waals surface area contributed by atoms with Crippen molar-refractivity contribution < 1.29 is 27.4 Å². The highest BCUT2D eigenvalue weighted by atomic mass is 32.2. The van der Waals surface area contributed by atoms with Gasteiger partial charge in [-0.2, -0.15) is 0 Å². The van der Waals surface area contributed by atoms with Crippen LogP contribution in [0, 0.1) is 0 Å². The third-order valence-electron chi connectivity index (χ3n) is 4.16. The summed E-state index contributed by atoms with van der Waals surface area (Å²) in [5, 5.41) is 0. The molecule has 0 atom stereocenters. The molecule has 0 aromatic heterocycles. The molecule has 0 aliphatic carbocycles. The smallest absolute Gasteiger partial charge is 0.305 e. The molecule has 146 valence electrons. The molecule has 0 aliphatic rings. The number of aryl methyl sites for hydroxylation is 1. The van der Waals surface area contributed by atoms with Crippen LogP contribution in [0.1, 0.15) is 12.0 Å². The van der Waals surface area contributed by atoms with Gasteiger partial charge in [-0.05, 0) is 36.2 Å². The molecule has 0 fully saturated rings. The average molecular weight is 393 g/mol. The third kappa shape index (κ3) is 4.71. The molecule has 7 nitrogen and oxygen atoms in total. The van der Waals surface area contributed by atoms with E-state index in [9.17, 15) is 13.2 Å². The standard InChI is InChI=1S/C19H23NO6S/c1-20(15-8-11-17(24-2)18(13-15)25-3)27(22,23)16-9-5-14(6-10-16)7-12-19(21)26-4/h5-6,8-11,13H,7,12H2,1-4H3. The molecule has 0 saturated heterocycles. The van der Waals surface area contributed by atoms with Crippen LogP contribution in [0.2, 0.25) is 0 Å². The van der Waals surface area contributed by atoms with E-state index < -0.39 is 10.0 Å². The first-order valence-corrected chi connectivity index (χ1v) is 9.64. The number of ether oxygens (including phenoxy) is 3. The van der Waals surface area contributed by atoms with Gasteiger partial charge < -0.3 is 14.2 Å². The van der Waals surface area contributed by atoms with Crippen molar-refractivity contribution in [2.75, 3.05) is 32.7 Å². The summed E-state index contributed by atoms with van der Waals surface area (Å²) in [5.74, 6) is 0.650. The van der Waals surface area contributed by atoms with Crippen LogP contribution in [-0.4, -0.2) is 42.8 Å². The van der Waals surface area contributed by atoms with E-state index in [0.29, 0.717) is 23.6 Å². The van der Waals surface area contributed by atoms with Crippen molar-refractivity contribution >= 4 is 21.7 Å². The van der Waals surface area contributed by atoms with E-state index in [1.54, 1.807) is 30.3 Å². The van der Waals surface area contributed by atoms with Gasteiger partial charge in [-0.1, -0.05) is 12.1 Å². The first-order chi connectivity index (χ1) is 12.8. The molecule has 2 rings (SSSR count). The van der Waals surface area contributed by atoms with E-state index in [4.69, 9.17) is 9.47 Å². The van der Waals surface area contributed by atoms with Gasteiger partial charge in [0, 0.05) is 19.5 Å². The molecule has 0 heterocycles. The summed E-state index contributed by atoms with van der Waals surface area (Å²) in [7, 11) is 2.07. The van der Waals surface area contributed by atoms with Gasteiger partial charge in [0.2, 0.25) is 0 Å². The summed E-state index contributed by atoms with van der Waals surface area (Å²) in [4.78, 5) is 11.4. The second-order valence-electron chi connectivity index (χ2n) is 5.73. The summed E-state index contributed by atoms with van der Waals surface area (Å²) in [6, 6.07) is 11.3. The number of hydrogen-bond donors (Lipinski definition) is 0. The predicted molar refractivity (Wildman–Crippen MR) is 102 cm³/mol. The number of esters is 1. The Labute approximate surface area is 159 Å². The maximum atomic E-state index is 12.9. The molecule has 2 aromatic carbocycles. The zero-order valence-electron chi connectivity index (χ0n) is 15.8. The van der Waals surface area contributed by atoms with Gasteiger partial charge in [-0.25, -0.2) is 8.42 Å². The predicted octanol–water partition coefficient (Wildman–Crippen LogP) is 2.63. The minimum absolute atomic E-state index is 0.154. The first kappa shape index (κ1) is 20.6. The highest BCUT2D eigenvalue weighted by Gasteiger charge is 2.22. The maximum Gasteiger partial charge on any atom is 0.305 e. The van der Waals surface area contributed by atoms with Crippen molar-refractivity contribution in [2.45, 2.75) is 17.7 Å². The molecule has 0 bridgehead atoms. The van der Waals surface area contributed by atoms with Crippen molar-refractivity contribution in [3.63, 3.8) is 0 Å². The maximum absolute atomic E-state index is 12.9. The Morgan fingerprint density at radius 1 is 0.963 bits per heavy atom. The SMILES string of the molecule is COC(=O)CCc1ccc(S(=O)(=O)N(C)c2ccc(OC)c(OC)c2)cc1. The minimum Gasteiger partial charge on any atom is -0.493 e. The lowest BCUT2D eigenvalue weighted by Gasteiger charge is -2.21. The summed E-state index contributed by atoms with van der Waals surface area (Å²) in [5.41, 5.74) is 1.30. The van der Waals surface area contributed by atoms with Crippen molar-refractivity contribution in [3.05, 3.63) is 48.0 Å². The molecule has 0 radical (unpaired) electrons. The first-order valence-electron chi connectivity index (χ1n) is 8.20. The molecule has 0 unspecified atom stereocenters. The van der Waals surface area contributed by atoms with Gasteiger partial charge >= 0.3 is 5.97 Å². The van der Waals surface area contributed by atoms with E-state index in [-0.39, 0.29) is 17.3 Å². The van der Waals surface area contributed by atoms with Crippen molar-refractivity contribution in [1.82, 2.24) is 0 Å². The lowest BCUT2D eigenvalue weighted by atomic mass is 10.1. The number of sulfonamides is 1. The largest absolute Gasteiger partial charge is 0.493 e. The Hall–Kier alpha value is -2.74. The average Bonchev–Trinajstić information content (AvgIpc) is 2.70. The number of methoxy groups -OCH3 is 3. The molecule has 2 aromatic rings. The molecule has 27 heavy (non-hydrogen) atoms. The number of carbonyl (C=O) groups excluding carboxylic acids is 1. The monoisotopic (exact) mass is 393 g/mol. The second kappa shape index (κ2) is 8.77. The summed E-state index contributed by atoms with van der Waals surface area (Å²) < 4.78 is 42.0. The fourth-order valence-corrected chi connectivity index (χ4v) is 3.68. The van der Waals surface area contributed by atoms with Gasteiger partial charge in [-0.15, -0.1) is 0 Å². The summed E-state index contributed by atoms with van der Waals surface area (Å²) in [6.07, 6.45) is 0.729. The van der Waals surface area contributed by atoms with Crippen LogP contribution in [0.5, 0.6) is 11.5 Å². The quantitative estimate of drug-likeness (QED) is 0.641. The number of nitrogens with zero attached hydrogens (tertiary/aromatic N) is 1. The zero-order chi connectivity index (χ0) is 20.0. The van der Waals surface area contributed by atoms with Crippen LogP contribution in [0.3, 0.4) is 0 Å². The van der Waals surface area contributed by atoms with Gasteiger partial charge in [0.1, 0.15) is 0 Å². The number of benzene rings is 2. The molecular weight excluding hydrogens is 370 g/mol. The van der Waals surface area contributed by atoms with E-state index in [1.165, 1.54) is 44.8 Å². The third-order valence-corrected chi connectivity index (χ3v) is 5.96. The van der Waals surface area contributed by atoms with Crippen LogP contribution >= 0.6 is 0 Å². The fourth-order valence-electron chi connectivity index (χ4n) is 2.49. The molecule has 0 saturated carbocycles. The Morgan fingerprint density at radius 3 is 2.15 bits per heavy atom. The molecule has 8 heteroatoms. The Bertz CT molecular complexity index is 893. The lowest BCUT2D eigenvalue weighted by Crippen LogP contribution is -2.26. The van der Waals surface area contributed by atoms with Crippen molar-refractivity contribution in [2.24, 2.45) is 0 Å². The molecule has 0 aliphatic heterocycles. The van der Waals surface area contributed by atoms with E-state index in [1.807, 2.05) is 0 Å². The van der Waals surface area contributed by atoms with Crippen LogP contribution in [0.15, 0.2) is 47.4 Å². The molecule has 0 amide bonds. The van der Waals surface area contributed by atoms with E-state index in [2.05, 4.69) is 4.74 Å². The zero-order valence-corrected chi connectivity index (χ0v) is 16.6. The van der Waals surface area contributed by atoms with Crippen molar-refractivity contribution in [3.8, 4) is 11.5 Å². The summed E-state index contributed by atoms with van der Waals surface area (Å²) in [6.45, 7) is 0. The topological polar surface area (TPSA) is 82.1 Å². The highest BCUT2D eigenvalue weighted by Crippen LogP contribution is 2.33. The van der Waals surface area contributed by atoms with Crippen LogP contribution in [0.4, 0.5) is 5.69 Å². The van der Waals surface area contributed by atoms with Crippen LogP contribution in [-0.2, 0) is 26.0 Å². The Morgan fingerprint density at radius 2 is 1.59 bits per heavy atom. The van der Waals surface area contributed by atoms with Gasteiger partial charge in [-0.3, -0.25) is 9.10 Å². The molecule has 0 spiro atoms. The van der Waals surface area contributed by atoms with Crippen molar-refractivity contribution in [1.29, 1.82) is 0 Å². The van der Waals surface area contributed by atoms with Crippen LogP contribution < -0.4 is 13.8 Å². The lowest BCUT2D eigenvalue weighted by molar-refractivity contribution is -0.140. The minimum atomic E-state index is -3.74. The number of anilines is 1. The van der Waals surface area contributed by atoms with Gasteiger partial charge in [0.15, 0.2) is 11.5 Å². The summed E-state index contributed by atoms with van der Waals surface area (Å²) >= 11 is 0. The highest BCUT2D eigenvalue weighted by molar-refractivity contribution is 7.92. The van der Waals surface area contributed by atoms with E-state index >= 15 is 0 Å². The number of carbonyl (C=O) groups is 1. The molecular formula is C19H23NO6S. The Kier molecular flexibility index (Phi) is 6.68. The second-order valence-corrected chi connectivity index (χ2v) is 7.70. The van der Waals surface area contributed by atoms with Gasteiger partial charge in [0.05, 0.1) is 31.9 Å². The van der Waals surface area contributed by atoms with Crippen LogP contribution in [0.25, 0.3) is 0 Å². The number of hydrogen-bond acceptors (Lipinski definition) is 6. The normalized spacial score (nSPS) is 11.0. The van der Waals surface area contributed by atoms with Gasteiger partial charge in [0.25, 0.3) is 10.0 Å².